The largest absolute Gasteiger partial charge is 0.481 e. The summed E-state index contributed by atoms with van der Waals surface area (Å²) >= 11 is 0. The molecule has 1 saturated carbocycles. The van der Waals surface area contributed by atoms with E-state index in [-0.39, 0.29) is 16.7 Å². The summed E-state index contributed by atoms with van der Waals surface area (Å²) in [6.45, 7) is 16.1. The molecule has 162 valence electrons. The molecule has 0 amide bonds. The number of hydrogen-bond acceptors (Lipinski definition) is 4. The van der Waals surface area contributed by atoms with Crippen molar-refractivity contribution in [2.75, 3.05) is 30.3 Å². The normalized spacial score (nSPS) is 28.1. The second kappa shape index (κ2) is 7.82. The molecule has 3 aliphatic rings. The van der Waals surface area contributed by atoms with Gasteiger partial charge in [-0.3, -0.25) is 9.69 Å². The third-order valence-corrected chi connectivity index (χ3v) is 8.12. The second-order valence-electron chi connectivity index (χ2n) is 10.4. The third kappa shape index (κ3) is 4.11. The lowest BCUT2D eigenvalue weighted by molar-refractivity contribution is -0.139. The van der Waals surface area contributed by atoms with Gasteiger partial charge in [0.05, 0.1) is 5.92 Å². The van der Waals surface area contributed by atoms with Crippen molar-refractivity contribution >= 4 is 17.3 Å². The maximum absolute atomic E-state index is 10.6. The van der Waals surface area contributed by atoms with Crippen LogP contribution in [0.1, 0.15) is 59.4 Å². The van der Waals surface area contributed by atoms with Crippen LogP contribution in [0.4, 0.5) is 11.4 Å². The zero-order valence-electron chi connectivity index (χ0n) is 19.0. The quantitative estimate of drug-likeness (QED) is 0.735. The lowest BCUT2D eigenvalue weighted by Crippen LogP contribution is -2.39. The van der Waals surface area contributed by atoms with Gasteiger partial charge < -0.3 is 15.7 Å². The third-order valence-electron chi connectivity index (χ3n) is 8.12. The van der Waals surface area contributed by atoms with Gasteiger partial charge in [0.1, 0.15) is 0 Å². The van der Waals surface area contributed by atoms with Crippen LogP contribution in [-0.2, 0) is 4.79 Å². The fourth-order valence-corrected chi connectivity index (χ4v) is 5.42. The lowest BCUT2D eigenvalue weighted by atomic mass is 10.0. The summed E-state index contributed by atoms with van der Waals surface area (Å²) in [5, 5.41) is 8.72. The van der Waals surface area contributed by atoms with Crippen LogP contribution >= 0.6 is 0 Å². The first kappa shape index (κ1) is 21.9. The summed E-state index contributed by atoms with van der Waals surface area (Å²) in [4.78, 5) is 15.8. The van der Waals surface area contributed by atoms with Crippen LogP contribution in [0.3, 0.4) is 0 Å². The maximum Gasteiger partial charge on any atom is 0.307 e. The molecule has 5 heteroatoms. The van der Waals surface area contributed by atoms with Gasteiger partial charge in [-0.15, -0.1) is 0 Å². The van der Waals surface area contributed by atoms with E-state index >= 15 is 0 Å². The first-order chi connectivity index (χ1) is 13.5. The van der Waals surface area contributed by atoms with Gasteiger partial charge in [0.15, 0.2) is 0 Å². The molecule has 1 aliphatic carbocycles. The van der Waals surface area contributed by atoms with Crippen LogP contribution in [0.15, 0.2) is 18.2 Å². The molecule has 0 spiro atoms. The molecule has 3 N–H and O–H groups in total. The number of anilines is 2. The molecule has 0 unspecified atom stereocenters. The van der Waals surface area contributed by atoms with E-state index in [4.69, 9.17) is 10.8 Å². The highest BCUT2D eigenvalue weighted by atomic mass is 16.4. The van der Waals surface area contributed by atoms with Gasteiger partial charge in [0, 0.05) is 36.5 Å². The molecule has 2 heterocycles. The molecule has 2 atom stereocenters. The summed E-state index contributed by atoms with van der Waals surface area (Å²) < 4.78 is 0. The van der Waals surface area contributed by atoms with Gasteiger partial charge >= 0.3 is 5.97 Å². The van der Waals surface area contributed by atoms with Crippen LogP contribution in [0.25, 0.3) is 0 Å². The number of carboxylic acid groups (broad SMARTS) is 1. The number of nitrogens with two attached hydrogens (primary N) is 1. The van der Waals surface area contributed by atoms with Crippen molar-refractivity contribution in [1.82, 2.24) is 4.90 Å². The molecule has 1 aromatic rings. The van der Waals surface area contributed by atoms with Gasteiger partial charge in [-0.25, -0.2) is 0 Å². The lowest BCUT2D eigenvalue weighted by Gasteiger charge is -2.28. The maximum atomic E-state index is 10.6. The number of rotatable bonds is 3. The van der Waals surface area contributed by atoms with Gasteiger partial charge in [0.25, 0.3) is 0 Å². The van der Waals surface area contributed by atoms with Crippen LogP contribution in [0.2, 0.25) is 0 Å². The highest BCUT2D eigenvalue weighted by Crippen LogP contribution is 2.68. The number of hydrogen-bond donors (Lipinski definition) is 2. The summed E-state index contributed by atoms with van der Waals surface area (Å²) in [5.74, 6) is -0.810. The molecule has 29 heavy (non-hydrogen) atoms. The molecule has 3 fully saturated rings. The van der Waals surface area contributed by atoms with Crippen LogP contribution in [0.5, 0.6) is 0 Å². The van der Waals surface area contributed by atoms with Crippen molar-refractivity contribution in [1.29, 1.82) is 0 Å². The molecular weight excluding hydrogens is 362 g/mol. The number of carbonyl (C=O) groups is 1. The Bertz CT molecular complexity index is 744. The van der Waals surface area contributed by atoms with E-state index in [2.05, 4.69) is 35.8 Å². The first-order valence-electron chi connectivity index (χ1n) is 11.1. The van der Waals surface area contributed by atoms with Crippen molar-refractivity contribution in [3.8, 4) is 0 Å². The fourth-order valence-electron chi connectivity index (χ4n) is 5.42. The van der Waals surface area contributed by atoms with E-state index in [1.807, 2.05) is 33.8 Å². The minimum atomic E-state index is -0.657. The molecule has 0 aromatic heterocycles. The van der Waals surface area contributed by atoms with E-state index in [1.54, 1.807) is 0 Å². The van der Waals surface area contributed by atoms with E-state index in [0.717, 1.165) is 17.8 Å². The van der Waals surface area contributed by atoms with Crippen LogP contribution in [0, 0.1) is 23.7 Å². The Morgan fingerprint density at radius 1 is 1.14 bits per heavy atom. The minimum absolute atomic E-state index is 0.0150. The molecular formula is C24H39N3O2. The number of nitrogen functional groups attached to an aromatic ring is 1. The molecule has 0 bridgehead atoms. The predicted molar refractivity (Wildman–Crippen MR) is 120 cm³/mol. The minimum Gasteiger partial charge on any atom is -0.481 e. The summed E-state index contributed by atoms with van der Waals surface area (Å²) in [6, 6.07) is 7.95. The van der Waals surface area contributed by atoms with Crippen molar-refractivity contribution in [3.63, 3.8) is 0 Å². The van der Waals surface area contributed by atoms with Crippen molar-refractivity contribution < 1.29 is 9.90 Å². The Morgan fingerprint density at radius 3 is 2.24 bits per heavy atom. The van der Waals surface area contributed by atoms with Gasteiger partial charge in [-0.2, -0.15) is 0 Å². The fraction of sp³-hybridized carbons (Fsp3) is 0.708. The average molecular weight is 402 g/mol. The van der Waals surface area contributed by atoms with Crippen molar-refractivity contribution in [3.05, 3.63) is 23.8 Å². The number of aliphatic carboxylic acids is 1. The van der Waals surface area contributed by atoms with E-state index in [1.165, 1.54) is 50.1 Å². The Labute approximate surface area is 176 Å². The zero-order valence-corrected chi connectivity index (χ0v) is 19.0. The number of likely N-dealkylation sites (tertiary alicyclic amines) is 1. The molecule has 2 aliphatic heterocycles. The van der Waals surface area contributed by atoms with E-state index < -0.39 is 5.97 Å². The van der Waals surface area contributed by atoms with Gasteiger partial charge in [-0.05, 0) is 74.2 Å². The second-order valence-corrected chi connectivity index (χ2v) is 10.4. The predicted octanol–water partition coefficient (Wildman–Crippen LogP) is 4.39. The molecule has 0 radical (unpaired) electrons. The summed E-state index contributed by atoms with van der Waals surface area (Å²) in [6.07, 6.45) is 4.05. The Kier molecular flexibility index (Phi) is 5.92. The molecule has 5 nitrogen and oxygen atoms in total. The van der Waals surface area contributed by atoms with Crippen LogP contribution in [-0.4, -0.2) is 47.7 Å². The Hall–Kier alpha value is -1.75. The summed E-state index contributed by atoms with van der Waals surface area (Å²) in [7, 11) is 0. The Balaban J connectivity index is 0.000000204. The van der Waals surface area contributed by atoms with Crippen molar-refractivity contribution in [2.45, 2.75) is 72.9 Å². The van der Waals surface area contributed by atoms with E-state index in [0.29, 0.717) is 0 Å². The SMILES string of the molecule is CC1(C)C(C(=O)O)C1(C)C.Cc1cc(N2CC[C@H](N3CCC[C@@H]3C)C2)ccc1N. The summed E-state index contributed by atoms with van der Waals surface area (Å²) in [5.41, 5.74) is 9.30. The number of nitrogens with zero attached hydrogens (tertiary/aromatic N) is 2. The number of benzene rings is 1. The van der Waals surface area contributed by atoms with Gasteiger partial charge in [-0.1, -0.05) is 27.7 Å². The zero-order chi connectivity index (χ0) is 21.6. The number of carboxylic acids is 1. The van der Waals surface area contributed by atoms with Gasteiger partial charge in [0.2, 0.25) is 0 Å². The Morgan fingerprint density at radius 2 is 1.79 bits per heavy atom. The standard InChI is InChI=1S/C16H25N3.C8H14O2/c1-12-10-14(5-6-16(12)17)18-9-7-15(11-18)19-8-3-4-13(19)2;1-7(2)5(6(9)10)8(7,3)4/h5-6,10,13,15H,3-4,7-9,11,17H2,1-2H3;5H,1-4H3,(H,9,10)/t13-,15-;/m0./s1. The smallest absolute Gasteiger partial charge is 0.307 e. The average Bonchev–Trinajstić information content (AvgIpc) is 3.08. The molecule has 2 saturated heterocycles. The topological polar surface area (TPSA) is 69.8 Å². The van der Waals surface area contributed by atoms with Crippen LogP contribution < -0.4 is 10.6 Å². The van der Waals surface area contributed by atoms with Crippen molar-refractivity contribution in [2.24, 2.45) is 16.7 Å². The van der Waals surface area contributed by atoms with E-state index in [9.17, 15) is 4.79 Å². The molecule has 4 rings (SSSR count). The first-order valence-corrected chi connectivity index (χ1v) is 11.1. The number of aryl methyl sites for hydroxylation is 1. The highest BCUT2D eigenvalue weighted by Gasteiger charge is 2.68. The highest BCUT2D eigenvalue weighted by molar-refractivity contribution is 5.76. The molecule has 1 aromatic carbocycles. The monoisotopic (exact) mass is 401 g/mol.